The van der Waals surface area contributed by atoms with Crippen molar-refractivity contribution >= 4 is 27.4 Å². The normalized spacial score (nSPS) is 12.1. The van der Waals surface area contributed by atoms with Gasteiger partial charge in [0, 0.05) is 6.26 Å². The minimum Gasteiger partial charge on any atom is -0.495 e. The lowest BCUT2D eigenvalue weighted by Gasteiger charge is -2.15. The monoisotopic (exact) mass is 377 g/mol. The van der Waals surface area contributed by atoms with Crippen LogP contribution in [0.2, 0.25) is 0 Å². The molecule has 0 fully saturated rings. The summed E-state index contributed by atoms with van der Waals surface area (Å²) in [6.45, 7) is 1.44. The molecule has 0 aliphatic carbocycles. The van der Waals surface area contributed by atoms with Crippen molar-refractivity contribution in [2.75, 3.05) is 18.7 Å². The minimum absolute atomic E-state index is 0.0935. The van der Waals surface area contributed by atoms with E-state index in [1.807, 2.05) is 0 Å². The molecule has 138 valence electrons. The molecule has 0 aliphatic rings. The Morgan fingerprint density at radius 1 is 1.04 bits per heavy atom. The Kier molecular flexibility index (Phi) is 5.99. The van der Waals surface area contributed by atoms with Gasteiger partial charge in [-0.2, -0.15) is 0 Å². The summed E-state index contributed by atoms with van der Waals surface area (Å²) in [6, 6.07) is 12.1. The van der Waals surface area contributed by atoms with Crippen LogP contribution < -0.4 is 10.1 Å². The molecule has 0 heterocycles. The molecule has 2 rings (SSSR count). The van der Waals surface area contributed by atoms with Gasteiger partial charge >= 0.3 is 5.97 Å². The number of esters is 1. The third-order valence-corrected chi connectivity index (χ3v) is 4.66. The Labute approximate surface area is 151 Å². The van der Waals surface area contributed by atoms with Gasteiger partial charge in [0.25, 0.3) is 5.91 Å². The molecular formula is C18H19NO6S. The van der Waals surface area contributed by atoms with Gasteiger partial charge in [-0.1, -0.05) is 12.1 Å². The topological polar surface area (TPSA) is 98.8 Å². The quantitative estimate of drug-likeness (QED) is 0.776. The van der Waals surface area contributed by atoms with Gasteiger partial charge in [-0.15, -0.1) is 0 Å². The van der Waals surface area contributed by atoms with Crippen LogP contribution >= 0.6 is 0 Å². The zero-order chi connectivity index (χ0) is 19.3. The van der Waals surface area contributed by atoms with Crippen LogP contribution in [0.15, 0.2) is 53.4 Å². The summed E-state index contributed by atoms with van der Waals surface area (Å²) >= 11 is 0. The number of para-hydroxylation sites is 2. The number of amides is 1. The maximum Gasteiger partial charge on any atom is 0.338 e. The van der Waals surface area contributed by atoms with Crippen molar-refractivity contribution in [1.82, 2.24) is 0 Å². The van der Waals surface area contributed by atoms with Crippen LogP contribution in [0.3, 0.4) is 0 Å². The van der Waals surface area contributed by atoms with Gasteiger partial charge in [-0.25, -0.2) is 13.2 Å². The lowest BCUT2D eigenvalue weighted by Crippen LogP contribution is -2.30. The molecule has 1 amide bonds. The van der Waals surface area contributed by atoms with E-state index < -0.39 is 27.8 Å². The van der Waals surface area contributed by atoms with E-state index in [0.29, 0.717) is 11.4 Å². The summed E-state index contributed by atoms with van der Waals surface area (Å²) in [5, 5.41) is 2.63. The van der Waals surface area contributed by atoms with Crippen molar-refractivity contribution in [3.05, 3.63) is 54.1 Å². The van der Waals surface area contributed by atoms with Crippen molar-refractivity contribution in [3.63, 3.8) is 0 Å². The molecule has 0 unspecified atom stereocenters. The summed E-state index contributed by atoms with van der Waals surface area (Å²) in [7, 11) is -1.87. The molecule has 0 radical (unpaired) electrons. The molecule has 0 aromatic heterocycles. The molecule has 1 N–H and O–H groups in total. The fraction of sp³-hybridized carbons (Fsp3) is 0.222. The zero-order valence-corrected chi connectivity index (χ0v) is 15.4. The molecule has 26 heavy (non-hydrogen) atoms. The van der Waals surface area contributed by atoms with Crippen molar-refractivity contribution < 1.29 is 27.5 Å². The van der Waals surface area contributed by atoms with Crippen LogP contribution in [-0.2, 0) is 19.4 Å². The number of ether oxygens (including phenoxy) is 2. The minimum atomic E-state index is -3.35. The Morgan fingerprint density at radius 2 is 1.65 bits per heavy atom. The fourth-order valence-corrected chi connectivity index (χ4v) is 2.73. The van der Waals surface area contributed by atoms with Crippen LogP contribution in [0.5, 0.6) is 5.75 Å². The molecule has 0 aliphatic heterocycles. The Hall–Kier alpha value is -2.87. The highest BCUT2D eigenvalue weighted by Gasteiger charge is 2.20. The number of sulfone groups is 1. The first-order chi connectivity index (χ1) is 12.2. The standard InChI is InChI=1S/C18H19NO6S/c1-12(17(20)19-15-6-4-5-7-16(15)24-2)25-18(21)13-8-10-14(11-9-13)26(3,22)23/h4-12H,1-3H3,(H,19,20)/t12-/m1/s1. The summed E-state index contributed by atoms with van der Waals surface area (Å²) in [5.74, 6) is -0.765. The second-order valence-electron chi connectivity index (χ2n) is 5.53. The maximum atomic E-state index is 12.2. The van der Waals surface area contributed by atoms with Crippen molar-refractivity contribution in [2.24, 2.45) is 0 Å². The number of anilines is 1. The van der Waals surface area contributed by atoms with Crippen molar-refractivity contribution in [1.29, 1.82) is 0 Å². The van der Waals surface area contributed by atoms with Gasteiger partial charge in [0.15, 0.2) is 15.9 Å². The Balaban J connectivity index is 2.03. The predicted molar refractivity (Wildman–Crippen MR) is 96.1 cm³/mol. The van der Waals surface area contributed by atoms with E-state index in [-0.39, 0.29) is 10.5 Å². The molecule has 2 aromatic carbocycles. The van der Waals surface area contributed by atoms with E-state index in [4.69, 9.17) is 9.47 Å². The average molecular weight is 377 g/mol. The number of nitrogens with one attached hydrogen (secondary N) is 1. The molecule has 8 heteroatoms. The van der Waals surface area contributed by atoms with Gasteiger partial charge in [0.2, 0.25) is 0 Å². The lowest BCUT2D eigenvalue weighted by atomic mass is 10.2. The summed E-state index contributed by atoms with van der Waals surface area (Å²) in [4.78, 5) is 24.4. The molecule has 0 bridgehead atoms. The summed E-state index contributed by atoms with van der Waals surface area (Å²) in [6.07, 6.45) is 0.0203. The molecule has 0 spiro atoms. The average Bonchev–Trinajstić information content (AvgIpc) is 2.61. The number of hydrogen-bond donors (Lipinski definition) is 1. The third kappa shape index (κ3) is 4.82. The largest absolute Gasteiger partial charge is 0.495 e. The Bertz CT molecular complexity index is 906. The van der Waals surface area contributed by atoms with Crippen LogP contribution in [0.4, 0.5) is 5.69 Å². The van der Waals surface area contributed by atoms with E-state index in [1.165, 1.54) is 38.3 Å². The van der Waals surface area contributed by atoms with Gasteiger partial charge in [-0.3, -0.25) is 4.79 Å². The summed E-state index contributed by atoms with van der Waals surface area (Å²) in [5.41, 5.74) is 0.606. The van der Waals surface area contributed by atoms with E-state index >= 15 is 0 Å². The fourth-order valence-electron chi connectivity index (χ4n) is 2.10. The molecule has 1 atom stereocenters. The number of hydrogen-bond acceptors (Lipinski definition) is 6. The molecule has 0 saturated heterocycles. The molecule has 2 aromatic rings. The maximum absolute atomic E-state index is 12.2. The van der Waals surface area contributed by atoms with Gasteiger partial charge < -0.3 is 14.8 Å². The van der Waals surface area contributed by atoms with Crippen molar-refractivity contribution in [2.45, 2.75) is 17.9 Å². The van der Waals surface area contributed by atoms with Crippen LogP contribution in [0, 0.1) is 0 Å². The second-order valence-corrected chi connectivity index (χ2v) is 7.55. The number of benzene rings is 2. The molecular weight excluding hydrogens is 358 g/mol. The van der Waals surface area contributed by atoms with E-state index in [0.717, 1.165) is 6.26 Å². The van der Waals surface area contributed by atoms with E-state index in [9.17, 15) is 18.0 Å². The third-order valence-electron chi connectivity index (χ3n) is 3.54. The van der Waals surface area contributed by atoms with Crippen LogP contribution in [-0.4, -0.2) is 39.8 Å². The lowest BCUT2D eigenvalue weighted by molar-refractivity contribution is -0.123. The highest BCUT2D eigenvalue weighted by Crippen LogP contribution is 2.23. The number of methoxy groups -OCH3 is 1. The first kappa shape index (κ1) is 19.5. The van der Waals surface area contributed by atoms with Crippen molar-refractivity contribution in [3.8, 4) is 5.75 Å². The van der Waals surface area contributed by atoms with Crippen LogP contribution in [0.25, 0.3) is 0 Å². The van der Waals surface area contributed by atoms with Crippen LogP contribution in [0.1, 0.15) is 17.3 Å². The number of carbonyl (C=O) groups is 2. The van der Waals surface area contributed by atoms with E-state index in [2.05, 4.69) is 5.32 Å². The highest BCUT2D eigenvalue weighted by atomic mass is 32.2. The second kappa shape index (κ2) is 8.01. The first-order valence-electron chi connectivity index (χ1n) is 7.67. The van der Waals surface area contributed by atoms with Gasteiger partial charge in [0.1, 0.15) is 5.75 Å². The molecule has 0 saturated carbocycles. The Morgan fingerprint density at radius 3 is 2.23 bits per heavy atom. The number of carbonyl (C=O) groups excluding carboxylic acids is 2. The summed E-state index contributed by atoms with van der Waals surface area (Å²) < 4.78 is 33.1. The van der Waals surface area contributed by atoms with E-state index in [1.54, 1.807) is 24.3 Å². The SMILES string of the molecule is COc1ccccc1NC(=O)[C@@H](C)OC(=O)c1ccc(S(C)(=O)=O)cc1. The van der Waals surface area contributed by atoms with Gasteiger partial charge in [0.05, 0.1) is 23.3 Å². The molecule has 7 nitrogen and oxygen atoms in total. The first-order valence-corrected chi connectivity index (χ1v) is 9.56. The smallest absolute Gasteiger partial charge is 0.338 e. The zero-order valence-electron chi connectivity index (χ0n) is 14.6. The highest BCUT2D eigenvalue weighted by molar-refractivity contribution is 7.90. The number of rotatable bonds is 6. The predicted octanol–water partition coefficient (Wildman–Crippen LogP) is 2.28. The van der Waals surface area contributed by atoms with Gasteiger partial charge in [-0.05, 0) is 43.3 Å².